The topological polar surface area (TPSA) is 88.8 Å². The lowest BCUT2D eigenvalue weighted by atomic mass is 10.00. The van der Waals surface area contributed by atoms with Gasteiger partial charge in [0.15, 0.2) is 11.6 Å². The van der Waals surface area contributed by atoms with Crippen molar-refractivity contribution >= 4 is 0 Å². The van der Waals surface area contributed by atoms with Gasteiger partial charge in [-0.25, -0.2) is 14.1 Å². The summed E-state index contributed by atoms with van der Waals surface area (Å²) in [4.78, 5) is 4.73. The van der Waals surface area contributed by atoms with Crippen molar-refractivity contribution in [3.05, 3.63) is 42.1 Å². The normalized spacial score (nSPS) is 15.5. The number of nitrogens with one attached hydrogen (secondary N) is 1. The maximum atomic E-state index is 13.6. The minimum Gasteiger partial charge on any atom is -0.394 e. The molecule has 1 fully saturated rings. The number of rotatable bonds is 5. The lowest BCUT2D eigenvalue weighted by molar-refractivity contribution is 0.0835. The number of aromatic amines is 1. The summed E-state index contributed by atoms with van der Waals surface area (Å²) in [6, 6.07) is 6.31. The molecule has 2 N–H and O–H groups in total. The van der Waals surface area contributed by atoms with Crippen molar-refractivity contribution in [2.45, 2.75) is 25.3 Å². The van der Waals surface area contributed by atoms with Crippen molar-refractivity contribution in [1.29, 1.82) is 0 Å². The summed E-state index contributed by atoms with van der Waals surface area (Å²) < 4.78 is 20.7. The average molecular weight is 357 g/mol. The van der Waals surface area contributed by atoms with Crippen LogP contribution >= 0.6 is 0 Å². The van der Waals surface area contributed by atoms with E-state index in [1.54, 1.807) is 16.9 Å². The first-order valence-corrected chi connectivity index (χ1v) is 8.69. The van der Waals surface area contributed by atoms with E-state index in [0.717, 1.165) is 24.2 Å². The molecule has 1 aliphatic rings. The Morgan fingerprint density at radius 3 is 2.92 bits per heavy atom. The molecule has 0 aliphatic carbocycles. The van der Waals surface area contributed by atoms with Crippen LogP contribution in [0.3, 0.4) is 0 Å². The van der Waals surface area contributed by atoms with Crippen molar-refractivity contribution in [3.8, 4) is 22.6 Å². The fourth-order valence-electron chi connectivity index (χ4n) is 3.26. The Morgan fingerprint density at radius 2 is 2.15 bits per heavy atom. The van der Waals surface area contributed by atoms with Gasteiger partial charge in [0.25, 0.3) is 0 Å². The van der Waals surface area contributed by atoms with Gasteiger partial charge in [0.1, 0.15) is 5.82 Å². The molecular formula is C18H20FN5O2. The molecule has 136 valence electrons. The van der Waals surface area contributed by atoms with E-state index in [-0.39, 0.29) is 18.3 Å². The molecule has 0 radical (unpaired) electrons. The molecule has 0 spiro atoms. The fraction of sp³-hybridized carbons (Fsp3) is 0.389. The molecule has 0 saturated carbocycles. The molecule has 2 aromatic heterocycles. The van der Waals surface area contributed by atoms with Gasteiger partial charge in [-0.1, -0.05) is 12.1 Å². The number of nitrogens with zero attached hydrogens (tertiary/aromatic N) is 4. The molecule has 1 aliphatic heterocycles. The molecule has 0 amide bonds. The standard InChI is InChI=1S/C18H20FN5O2/c19-14-3-1-2-13(10-14)16-15(11-20-22-16)18-21-17(23-24(18)6-7-25)12-4-8-26-9-5-12/h1-3,10-12,25H,4-9H2,(H,20,22). The highest BCUT2D eigenvalue weighted by Gasteiger charge is 2.24. The highest BCUT2D eigenvalue weighted by atomic mass is 19.1. The first-order valence-electron chi connectivity index (χ1n) is 8.69. The van der Waals surface area contributed by atoms with Gasteiger partial charge < -0.3 is 9.84 Å². The first kappa shape index (κ1) is 16.9. The number of hydrogen-bond donors (Lipinski definition) is 2. The van der Waals surface area contributed by atoms with Crippen molar-refractivity contribution in [2.24, 2.45) is 0 Å². The smallest absolute Gasteiger partial charge is 0.162 e. The highest BCUT2D eigenvalue weighted by Crippen LogP contribution is 2.32. The van der Waals surface area contributed by atoms with E-state index >= 15 is 0 Å². The Morgan fingerprint density at radius 1 is 1.31 bits per heavy atom. The quantitative estimate of drug-likeness (QED) is 0.732. The number of benzene rings is 1. The van der Waals surface area contributed by atoms with E-state index < -0.39 is 0 Å². The van der Waals surface area contributed by atoms with Crippen LogP contribution in [0.25, 0.3) is 22.6 Å². The van der Waals surface area contributed by atoms with E-state index in [1.807, 2.05) is 6.07 Å². The van der Waals surface area contributed by atoms with Crippen LogP contribution in [0, 0.1) is 5.82 Å². The molecular weight excluding hydrogens is 337 g/mol. The molecule has 3 aromatic rings. The van der Waals surface area contributed by atoms with Crippen LogP contribution in [0.2, 0.25) is 0 Å². The lowest BCUT2D eigenvalue weighted by Crippen LogP contribution is -2.15. The molecule has 0 bridgehead atoms. The third-order valence-corrected chi connectivity index (χ3v) is 4.58. The Labute approximate surface area is 149 Å². The summed E-state index contributed by atoms with van der Waals surface area (Å²) >= 11 is 0. The Hall–Kier alpha value is -2.58. The molecule has 8 heteroatoms. The average Bonchev–Trinajstić information content (AvgIpc) is 3.29. The van der Waals surface area contributed by atoms with Gasteiger partial charge in [-0.3, -0.25) is 5.10 Å². The van der Waals surface area contributed by atoms with Crippen LogP contribution < -0.4 is 0 Å². The summed E-state index contributed by atoms with van der Waals surface area (Å²) in [6.45, 7) is 1.69. The second kappa shape index (κ2) is 7.35. The van der Waals surface area contributed by atoms with Gasteiger partial charge in [-0.05, 0) is 25.0 Å². The predicted molar refractivity (Wildman–Crippen MR) is 92.9 cm³/mol. The predicted octanol–water partition coefficient (Wildman–Crippen LogP) is 2.36. The maximum absolute atomic E-state index is 13.6. The van der Waals surface area contributed by atoms with E-state index in [0.29, 0.717) is 36.8 Å². The summed E-state index contributed by atoms with van der Waals surface area (Å²) in [5.41, 5.74) is 2.09. The number of aromatic nitrogens is 5. The summed E-state index contributed by atoms with van der Waals surface area (Å²) in [5, 5.41) is 21.1. The number of aliphatic hydroxyl groups is 1. The van der Waals surface area contributed by atoms with Crippen molar-refractivity contribution in [3.63, 3.8) is 0 Å². The third-order valence-electron chi connectivity index (χ3n) is 4.58. The summed E-state index contributed by atoms with van der Waals surface area (Å²) in [5.74, 6) is 1.30. The number of halogens is 1. The molecule has 0 atom stereocenters. The number of hydrogen-bond acceptors (Lipinski definition) is 5. The Kier molecular flexibility index (Phi) is 4.77. The minimum absolute atomic E-state index is 0.0449. The summed E-state index contributed by atoms with van der Waals surface area (Å²) in [7, 11) is 0. The molecule has 1 aromatic carbocycles. The zero-order valence-electron chi connectivity index (χ0n) is 14.2. The maximum Gasteiger partial charge on any atom is 0.162 e. The highest BCUT2D eigenvalue weighted by molar-refractivity contribution is 5.77. The third kappa shape index (κ3) is 3.25. The molecule has 0 unspecified atom stereocenters. The van der Waals surface area contributed by atoms with E-state index in [2.05, 4.69) is 15.3 Å². The lowest BCUT2D eigenvalue weighted by Gasteiger charge is -2.18. The Balaban J connectivity index is 1.75. The first-order chi connectivity index (χ1) is 12.8. The van der Waals surface area contributed by atoms with Gasteiger partial charge in [0.05, 0.1) is 30.6 Å². The zero-order chi connectivity index (χ0) is 17.9. The molecule has 7 nitrogen and oxygen atoms in total. The van der Waals surface area contributed by atoms with Crippen LogP contribution in [0.1, 0.15) is 24.6 Å². The largest absolute Gasteiger partial charge is 0.394 e. The second-order valence-corrected chi connectivity index (χ2v) is 6.30. The molecule has 3 heterocycles. The number of H-pyrrole nitrogens is 1. The summed E-state index contributed by atoms with van der Waals surface area (Å²) in [6.07, 6.45) is 3.42. The SMILES string of the molecule is OCCn1nc(C2CCOCC2)nc1-c1cn[nH]c1-c1cccc(F)c1. The van der Waals surface area contributed by atoms with E-state index in [1.165, 1.54) is 12.1 Å². The van der Waals surface area contributed by atoms with Crippen LogP contribution in [-0.2, 0) is 11.3 Å². The van der Waals surface area contributed by atoms with Crippen LogP contribution in [0.4, 0.5) is 4.39 Å². The Bertz CT molecular complexity index is 885. The van der Waals surface area contributed by atoms with Gasteiger partial charge in [-0.2, -0.15) is 10.2 Å². The van der Waals surface area contributed by atoms with Crippen molar-refractivity contribution < 1.29 is 14.2 Å². The molecule has 4 rings (SSSR count). The van der Waals surface area contributed by atoms with E-state index in [9.17, 15) is 9.50 Å². The van der Waals surface area contributed by atoms with Gasteiger partial charge in [0, 0.05) is 24.7 Å². The van der Waals surface area contributed by atoms with Crippen LogP contribution in [-0.4, -0.2) is 49.9 Å². The zero-order valence-corrected chi connectivity index (χ0v) is 14.2. The van der Waals surface area contributed by atoms with Gasteiger partial charge in [0.2, 0.25) is 0 Å². The monoisotopic (exact) mass is 357 g/mol. The van der Waals surface area contributed by atoms with Crippen molar-refractivity contribution in [1.82, 2.24) is 25.0 Å². The second-order valence-electron chi connectivity index (χ2n) is 6.30. The number of aliphatic hydroxyl groups excluding tert-OH is 1. The fourth-order valence-corrected chi connectivity index (χ4v) is 3.26. The minimum atomic E-state index is -0.317. The number of ether oxygens (including phenoxy) is 1. The molecule has 1 saturated heterocycles. The van der Waals surface area contributed by atoms with Crippen LogP contribution in [0.5, 0.6) is 0 Å². The van der Waals surface area contributed by atoms with Gasteiger partial charge in [-0.15, -0.1) is 0 Å². The van der Waals surface area contributed by atoms with Gasteiger partial charge >= 0.3 is 0 Å². The van der Waals surface area contributed by atoms with Crippen molar-refractivity contribution in [2.75, 3.05) is 19.8 Å². The molecule has 26 heavy (non-hydrogen) atoms. The van der Waals surface area contributed by atoms with E-state index in [4.69, 9.17) is 9.72 Å². The van der Waals surface area contributed by atoms with Crippen LogP contribution in [0.15, 0.2) is 30.5 Å².